The molecular formula is C14H18BrN3O2. The molecule has 20 heavy (non-hydrogen) atoms. The summed E-state index contributed by atoms with van der Waals surface area (Å²) < 4.78 is 0.855. The van der Waals surface area contributed by atoms with Gasteiger partial charge in [-0.3, -0.25) is 9.59 Å². The number of hydrogen-bond acceptors (Lipinski definition) is 3. The molecule has 0 saturated carbocycles. The maximum Gasteiger partial charge on any atom is 0.242 e. The molecule has 1 aromatic rings. The van der Waals surface area contributed by atoms with Gasteiger partial charge in [-0.05, 0) is 18.6 Å². The average Bonchev–Trinajstić information content (AvgIpc) is 2.39. The Morgan fingerprint density at radius 1 is 1.20 bits per heavy atom. The standard InChI is InChI=1S/C14H18BrN3O2/c1-2-6-17-8-14(20)18(9-13(17)19)7-10-11(15)4-3-5-12(10)16/h3-5H,2,6-9,16H2,1H3. The molecular weight excluding hydrogens is 322 g/mol. The molecule has 1 heterocycles. The second-order valence-electron chi connectivity index (χ2n) is 4.87. The molecule has 1 aliphatic heterocycles. The van der Waals surface area contributed by atoms with E-state index in [2.05, 4.69) is 15.9 Å². The Hall–Kier alpha value is -1.56. The Labute approximate surface area is 126 Å². The van der Waals surface area contributed by atoms with Crippen molar-refractivity contribution in [2.45, 2.75) is 19.9 Å². The molecule has 0 atom stereocenters. The first-order valence-electron chi connectivity index (χ1n) is 6.61. The van der Waals surface area contributed by atoms with Crippen LogP contribution in [0.1, 0.15) is 18.9 Å². The van der Waals surface area contributed by atoms with Crippen molar-refractivity contribution in [3.05, 3.63) is 28.2 Å². The van der Waals surface area contributed by atoms with Crippen molar-refractivity contribution in [3.63, 3.8) is 0 Å². The van der Waals surface area contributed by atoms with Crippen LogP contribution in [0.5, 0.6) is 0 Å². The van der Waals surface area contributed by atoms with Crippen LogP contribution in [0.25, 0.3) is 0 Å². The second-order valence-corrected chi connectivity index (χ2v) is 5.73. The predicted octanol–water partition coefficient (Wildman–Crippen LogP) is 1.61. The highest BCUT2D eigenvalue weighted by molar-refractivity contribution is 9.10. The minimum Gasteiger partial charge on any atom is -0.398 e. The number of rotatable bonds is 4. The molecule has 1 aliphatic rings. The van der Waals surface area contributed by atoms with E-state index in [9.17, 15) is 9.59 Å². The molecule has 1 aromatic carbocycles. The van der Waals surface area contributed by atoms with Crippen molar-refractivity contribution < 1.29 is 9.59 Å². The average molecular weight is 340 g/mol. The predicted molar refractivity (Wildman–Crippen MR) is 80.8 cm³/mol. The van der Waals surface area contributed by atoms with E-state index >= 15 is 0 Å². The zero-order valence-electron chi connectivity index (χ0n) is 11.4. The van der Waals surface area contributed by atoms with Crippen LogP contribution in [0.15, 0.2) is 22.7 Å². The van der Waals surface area contributed by atoms with E-state index in [-0.39, 0.29) is 24.9 Å². The summed E-state index contributed by atoms with van der Waals surface area (Å²) in [5, 5.41) is 0. The zero-order valence-corrected chi connectivity index (χ0v) is 13.0. The highest BCUT2D eigenvalue weighted by atomic mass is 79.9. The van der Waals surface area contributed by atoms with Crippen molar-refractivity contribution in [2.75, 3.05) is 25.4 Å². The number of nitrogens with two attached hydrogens (primary N) is 1. The Morgan fingerprint density at radius 2 is 1.85 bits per heavy atom. The number of carbonyl (C=O) groups is 2. The lowest BCUT2D eigenvalue weighted by molar-refractivity contribution is -0.150. The topological polar surface area (TPSA) is 66.6 Å². The molecule has 0 unspecified atom stereocenters. The molecule has 6 heteroatoms. The molecule has 1 saturated heterocycles. The van der Waals surface area contributed by atoms with Gasteiger partial charge in [-0.1, -0.05) is 28.9 Å². The number of benzene rings is 1. The number of anilines is 1. The summed E-state index contributed by atoms with van der Waals surface area (Å²) in [5.41, 5.74) is 7.40. The molecule has 0 spiro atoms. The van der Waals surface area contributed by atoms with E-state index < -0.39 is 0 Å². The summed E-state index contributed by atoms with van der Waals surface area (Å²) in [6, 6.07) is 5.51. The molecule has 108 valence electrons. The number of hydrogen-bond donors (Lipinski definition) is 1. The van der Waals surface area contributed by atoms with Gasteiger partial charge >= 0.3 is 0 Å². The lowest BCUT2D eigenvalue weighted by Gasteiger charge is -2.34. The SMILES string of the molecule is CCCN1CC(=O)N(Cc2c(N)cccc2Br)CC1=O. The van der Waals surface area contributed by atoms with E-state index in [0.717, 1.165) is 16.5 Å². The van der Waals surface area contributed by atoms with E-state index in [4.69, 9.17) is 5.73 Å². The van der Waals surface area contributed by atoms with Crippen LogP contribution in [0.2, 0.25) is 0 Å². The molecule has 0 aliphatic carbocycles. The monoisotopic (exact) mass is 339 g/mol. The van der Waals surface area contributed by atoms with Gasteiger partial charge in [0.05, 0.1) is 6.54 Å². The maximum atomic E-state index is 12.1. The van der Waals surface area contributed by atoms with Gasteiger partial charge in [0.25, 0.3) is 0 Å². The van der Waals surface area contributed by atoms with Crippen molar-refractivity contribution in [3.8, 4) is 0 Å². The van der Waals surface area contributed by atoms with E-state index in [1.165, 1.54) is 0 Å². The van der Waals surface area contributed by atoms with Crippen LogP contribution >= 0.6 is 15.9 Å². The van der Waals surface area contributed by atoms with Crippen molar-refractivity contribution in [1.82, 2.24) is 9.80 Å². The summed E-state index contributed by atoms with van der Waals surface area (Å²) in [6.07, 6.45) is 0.857. The molecule has 2 N–H and O–H groups in total. The van der Waals surface area contributed by atoms with Gasteiger partial charge in [0.15, 0.2) is 0 Å². The molecule has 2 amide bonds. The second kappa shape index (κ2) is 6.26. The van der Waals surface area contributed by atoms with Gasteiger partial charge in [-0.25, -0.2) is 0 Å². The lowest BCUT2D eigenvalue weighted by atomic mass is 10.1. The van der Waals surface area contributed by atoms with Gasteiger partial charge < -0.3 is 15.5 Å². The highest BCUT2D eigenvalue weighted by Gasteiger charge is 2.29. The van der Waals surface area contributed by atoms with Crippen LogP contribution in [-0.2, 0) is 16.1 Å². The van der Waals surface area contributed by atoms with Crippen molar-refractivity contribution in [1.29, 1.82) is 0 Å². The smallest absolute Gasteiger partial charge is 0.242 e. The Bertz CT molecular complexity index is 513. The Morgan fingerprint density at radius 3 is 2.50 bits per heavy atom. The number of halogens is 1. The van der Waals surface area contributed by atoms with E-state index in [0.29, 0.717) is 18.8 Å². The third-order valence-electron chi connectivity index (χ3n) is 3.36. The normalized spacial score (nSPS) is 15.9. The first-order chi connectivity index (χ1) is 9.52. The summed E-state index contributed by atoms with van der Waals surface area (Å²) in [5.74, 6) is -0.0368. The van der Waals surface area contributed by atoms with E-state index in [1.807, 2.05) is 19.1 Å². The summed E-state index contributed by atoms with van der Waals surface area (Å²) in [7, 11) is 0. The Kier molecular flexibility index (Phi) is 4.65. The van der Waals surface area contributed by atoms with Crippen molar-refractivity contribution in [2.24, 2.45) is 0 Å². The van der Waals surface area contributed by atoms with Crippen molar-refractivity contribution >= 4 is 33.4 Å². The molecule has 0 radical (unpaired) electrons. The number of nitrogens with zero attached hydrogens (tertiary/aromatic N) is 2. The third-order valence-corrected chi connectivity index (χ3v) is 4.10. The molecule has 0 bridgehead atoms. The molecule has 2 rings (SSSR count). The molecule has 0 aromatic heterocycles. The van der Waals surface area contributed by atoms with Crippen LogP contribution in [-0.4, -0.2) is 41.2 Å². The fourth-order valence-corrected chi connectivity index (χ4v) is 2.76. The number of nitrogen functional groups attached to an aromatic ring is 1. The third kappa shape index (κ3) is 3.12. The highest BCUT2D eigenvalue weighted by Crippen LogP contribution is 2.24. The summed E-state index contributed by atoms with van der Waals surface area (Å²) in [4.78, 5) is 27.3. The molecule has 1 fully saturated rings. The van der Waals surface area contributed by atoms with Crippen LogP contribution in [0.3, 0.4) is 0 Å². The zero-order chi connectivity index (χ0) is 14.7. The minimum atomic E-state index is -0.0341. The van der Waals surface area contributed by atoms with Gasteiger partial charge in [0.2, 0.25) is 11.8 Å². The van der Waals surface area contributed by atoms with Crippen LogP contribution in [0.4, 0.5) is 5.69 Å². The first-order valence-corrected chi connectivity index (χ1v) is 7.40. The van der Waals surface area contributed by atoms with E-state index in [1.54, 1.807) is 15.9 Å². The lowest BCUT2D eigenvalue weighted by Crippen LogP contribution is -2.53. The first kappa shape index (κ1) is 14.8. The summed E-state index contributed by atoms with van der Waals surface area (Å²) >= 11 is 3.43. The fraction of sp³-hybridized carbons (Fsp3) is 0.429. The maximum absolute atomic E-state index is 12.1. The van der Waals surface area contributed by atoms with Gasteiger partial charge in [0, 0.05) is 28.8 Å². The fourth-order valence-electron chi connectivity index (χ4n) is 2.25. The quantitative estimate of drug-likeness (QED) is 0.847. The van der Waals surface area contributed by atoms with Crippen LogP contribution in [0, 0.1) is 0 Å². The Balaban J connectivity index is 2.11. The minimum absolute atomic E-state index is 0.00271. The summed E-state index contributed by atoms with van der Waals surface area (Å²) in [6.45, 7) is 3.27. The van der Waals surface area contributed by atoms with Gasteiger partial charge in [-0.15, -0.1) is 0 Å². The largest absolute Gasteiger partial charge is 0.398 e. The number of amides is 2. The van der Waals surface area contributed by atoms with Gasteiger partial charge in [-0.2, -0.15) is 0 Å². The van der Waals surface area contributed by atoms with Gasteiger partial charge in [0.1, 0.15) is 6.54 Å². The number of piperazine rings is 1. The van der Waals surface area contributed by atoms with Crippen LogP contribution < -0.4 is 5.73 Å². The number of carbonyl (C=O) groups excluding carboxylic acids is 2. The molecule has 5 nitrogen and oxygen atoms in total.